The Morgan fingerprint density at radius 2 is 1.78 bits per heavy atom. The van der Waals surface area contributed by atoms with E-state index in [-0.39, 0.29) is 5.69 Å². The Morgan fingerprint density at radius 1 is 1.09 bits per heavy atom. The van der Waals surface area contributed by atoms with Gasteiger partial charge >= 0.3 is 0 Å². The van der Waals surface area contributed by atoms with Gasteiger partial charge in [-0.15, -0.1) is 0 Å². The molecule has 0 fully saturated rings. The first-order valence-electron chi connectivity index (χ1n) is 6.99. The molecule has 0 aliphatic heterocycles. The molecule has 1 amide bonds. The lowest BCUT2D eigenvalue weighted by molar-refractivity contribution is 0.0961. The van der Waals surface area contributed by atoms with Crippen molar-refractivity contribution in [3.05, 3.63) is 71.7 Å². The molecule has 0 spiro atoms. The standard InChI is InChI=1S/C17H14FN3O2/c1-11-15(16(21-23-11)12-7-3-2-4-8-12)17(22)20-19-14-10-6-5-9-13(14)18/h2-10,19H,1H3,(H,20,22). The number of benzene rings is 2. The van der Waals surface area contributed by atoms with E-state index >= 15 is 0 Å². The van der Waals surface area contributed by atoms with Crippen LogP contribution in [0, 0.1) is 12.7 Å². The van der Waals surface area contributed by atoms with Crippen LogP contribution in [0.5, 0.6) is 0 Å². The topological polar surface area (TPSA) is 67.2 Å². The summed E-state index contributed by atoms with van der Waals surface area (Å²) >= 11 is 0. The minimum Gasteiger partial charge on any atom is -0.360 e. The van der Waals surface area contributed by atoms with E-state index in [1.54, 1.807) is 19.1 Å². The molecule has 0 unspecified atom stereocenters. The maximum absolute atomic E-state index is 13.6. The molecule has 1 heterocycles. The number of rotatable bonds is 4. The zero-order valence-corrected chi connectivity index (χ0v) is 12.3. The normalized spacial score (nSPS) is 10.3. The third kappa shape index (κ3) is 3.06. The van der Waals surface area contributed by atoms with Crippen LogP contribution in [0.3, 0.4) is 0 Å². The van der Waals surface area contributed by atoms with Crippen molar-refractivity contribution in [2.45, 2.75) is 6.92 Å². The Bertz CT molecular complexity index is 831. The second-order valence-electron chi connectivity index (χ2n) is 4.89. The van der Waals surface area contributed by atoms with Gasteiger partial charge in [0.2, 0.25) is 0 Å². The van der Waals surface area contributed by atoms with Crippen molar-refractivity contribution in [3.8, 4) is 11.3 Å². The Hall–Kier alpha value is -3.15. The number of nitrogens with one attached hydrogen (secondary N) is 2. The molecule has 0 radical (unpaired) electrons. The predicted molar refractivity (Wildman–Crippen MR) is 84.2 cm³/mol. The summed E-state index contributed by atoms with van der Waals surface area (Å²) in [6.07, 6.45) is 0. The fourth-order valence-electron chi connectivity index (χ4n) is 2.18. The average Bonchev–Trinajstić information content (AvgIpc) is 2.96. The number of nitrogens with zero attached hydrogens (tertiary/aromatic N) is 1. The van der Waals surface area contributed by atoms with Gasteiger partial charge in [0.1, 0.15) is 22.8 Å². The number of hydrogen-bond donors (Lipinski definition) is 2. The van der Waals surface area contributed by atoms with Crippen molar-refractivity contribution in [3.63, 3.8) is 0 Å². The Balaban J connectivity index is 1.83. The zero-order valence-electron chi connectivity index (χ0n) is 12.3. The molecule has 23 heavy (non-hydrogen) atoms. The van der Waals surface area contributed by atoms with Gasteiger partial charge in [0.15, 0.2) is 0 Å². The second-order valence-corrected chi connectivity index (χ2v) is 4.89. The summed E-state index contributed by atoms with van der Waals surface area (Å²) in [5, 5.41) is 3.94. The number of hydrazine groups is 1. The van der Waals surface area contributed by atoms with Crippen LogP contribution in [0.25, 0.3) is 11.3 Å². The maximum atomic E-state index is 13.6. The fraction of sp³-hybridized carbons (Fsp3) is 0.0588. The molecule has 0 saturated heterocycles. The summed E-state index contributed by atoms with van der Waals surface area (Å²) in [5.74, 6) is -0.527. The quantitative estimate of drug-likeness (QED) is 0.723. The van der Waals surface area contributed by atoms with Gasteiger partial charge < -0.3 is 4.52 Å². The summed E-state index contributed by atoms with van der Waals surface area (Å²) in [4.78, 5) is 12.4. The van der Waals surface area contributed by atoms with E-state index in [1.165, 1.54) is 12.1 Å². The van der Waals surface area contributed by atoms with Crippen molar-refractivity contribution in [2.75, 3.05) is 5.43 Å². The minimum atomic E-state index is -0.460. The van der Waals surface area contributed by atoms with Crippen LogP contribution in [0.4, 0.5) is 10.1 Å². The van der Waals surface area contributed by atoms with E-state index in [0.717, 1.165) is 5.56 Å². The van der Waals surface area contributed by atoms with Crippen molar-refractivity contribution >= 4 is 11.6 Å². The summed E-state index contributed by atoms with van der Waals surface area (Å²) < 4.78 is 18.7. The number of hydrogen-bond acceptors (Lipinski definition) is 4. The van der Waals surface area contributed by atoms with Crippen LogP contribution in [0.15, 0.2) is 59.1 Å². The molecule has 5 nitrogen and oxygen atoms in total. The molecule has 0 aliphatic rings. The first-order chi connectivity index (χ1) is 11.2. The highest BCUT2D eigenvalue weighted by Gasteiger charge is 2.21. The molecule has 0 saturated carbocycles. The zero-order chi connectivity index (χ0) is 16.2. The van der Waals surface area contributed by atoms with Gasteiger partial charge in [-0.25, -0.2) is 4.39 Å². The van der Waals surface area contributed by atoms with Crippen LogP contribution < -0.4 is 10.9 Å². The van der Waals surface area contributed by atoms with E-state index in [1.807, 2.05) is 30.3 Å². The van der Waals surface area contributed by atoms with Gasteiger partial charge in [-0.3, -0.25) is 15.6 Å². The lowest BCUT2D eigenvalue weighted by Crippen LogP contribution is -2.30. The molecule has 116 valence electrons. The van der Waals surface area contributed by atoms with E-state index < -0.39 is 11.7 Å². The van der Waals surface area contributed by atoms with Gasteiger partial charge in [-0.05, 0) is 19.1 Å². The SMILES string of the molecule is Cc1onc(-c2ccccc2)c1C(=O)NNc1ccccc1F. The van der Waals surface area contributed by atoms with E-state index in [9.17, 15) is 9.18 Å². The highest BCUT2D eigenvalue weighted by molar-refractivity contribution is 6.01. The molecular formula is C17H14FN3O2. The van der Waals surface area contributed by atoms with E-state index in [2.05, 4.69) is 16.0 Å². The van der Waals surface area contributed by atoms with Crippen LogP contribution in [-0.2, 0) is 0 Å². The van der Waals surface area contributed by atoms with Gasteiger partial charge in [0, 0.05) is 5.56 Å². The number of aromatic nitrogens is 1. The number of aryl methyl sites for hydroxylation is 1. The monoisotopic (exact) mass is 311 g/mol. The summed E-state index contributed by atoms with van der Waals surface area (Å²) in [5.41, 5.74) is 6.71. The molecule has 6 heteroatoms. The molecular weight excluding hydrogens is 297 g/mol. The third-order valence-electron chi connectivity index (χ3n) is 3.32. The lowest BCUT2D eigenvalue weighted by atomic mass is 10.1. The van der Waals surface area contributed by atoms with Crippen LogP contribution in [-0.4, -0.2) is 11.1 Å². The number of amides is 1. The molecule has 0 aliphatic carbocycles. The third-order valence-corrected chi connectivity index (χ3v) is 3.32. The van der Waals surface area contributed by atoms with E-state index in [4.69, 9.17) is 4.52 Å². The van der Waals surface area contributed by atoms with Crippen LogP contribution in [0.1, 0.15) is 16.1 Å². The summed E-state index contributed by atoms with van der Waals surface area (Å²) in [6, 6.07) is 15.3. The number of carbonyl (C=O) groups excluding carboxylic acids is 1. The minimum absolute atomic E-state index is 0.177. The van der Waals surface area contributed by atoms with Crippen LogP contribution in [0.2, 0.25) is 0 Å². The summed E-state index contributed by atoms with van der Waals surface area (Å²) in [7, 11) is 0. The van der Waals surface area contributed by atoms with Crippen molar-refractivity contribution in [2.24, 2.45) is 0 Å². The molecule has 3 rings (SSSR count). The largest absolute Gasteiger partial charge is 0.360 e. The van der Waals surface area contributed by atoms with E-state index in [0.29, 0.717) is 17.0 Å². The highest BCUT2D eigenvalue weighted by atomic mass is 19.1. The first kappa shape index (κ1) is 14.8. The first-order valence-corrected chi connectivity index (χ1v) is 6.99. The molecule has 2 aromatic carbocycles. The number of para-hydroxylation sites is 1. The number of halogens is 1. The van der Waals surface area contributed by atoms with Crippen molar-refractivity contribution in [1.82, 2.24) is 10.6 Å². The molecule has 0 atom stereocenters. The maximum Gasteiger partial charge on any atom is 0.275 e. The number of carbonyl (C=O) groups is 1. The second kappa shape index (κ2) is 6.31. The van der Waals surface area contributed by atoms with Crippen molar-refractivity contribution in [1.29, 1.82) is 0 Å². The Labute approximate surface area is 132 Å². The Morgan fingerprint density at radius 3 is 2.52 bits per heavy atom. The van der Waals surface area contributed by atoms with Gasteiger partial charge in [-0.2, -0.15) is 0 Å². The smallest absolute Gasteiger partial charge is 0.275 e. The molecule has 0 bridgehead atoms. The Kier molecular flexibility index (Phi) is 4.05. The lowest BCUT2D eigenvalue weighted by Gasteiger charge is -2.09. The fourth-order valence-corrected chi connectivity index (χ4v) is 2.18. The molecule has 3 aromatic rings. The molecule has 1 aromatic heterocycles. The van der Waals surface area contributed by atoms with Gasteiger partial charge in [0.25, 0.3) is 5.91 Å². The number of anilines is 1. The van der Waals surface area contributed by atoms with Crippen LogP contribution >= 0.6 is 0 Å². The van der Waals surface area contributed by atoms with Gasteiger partial charge in [0.05, 0.1) is 5.69 Å². The van der Waals surface area contributed by atoms with Gasteiger partial charge in [-0.1, -0.05) is 47.6 Å². The van der Waals surface area contributed by atoms with Crippen molar-refractivity contribution < 1.29 is 13.7 Å². The predicted octanol–water partition coefficient (Wildman–Crippen LogP) is 3.55. The average molecular weight is 311 g/mol. The summed E-state index contributed by atoms with van der Waals surface area (Å²) in [6.45, 7) is 1.65. The molecule has 2 N–H and O–H groups in total. The highest BCUT2D eigenvalue weighted by Crippen LogP contribution is 2.25.